The fraction of sp³-hybridized carbons (Fsp3) is 0.533. The van der Waals surface area contributed by atoms with Crippen LogP contribution in [0.2, 0.25) is 0 Å². The molecule has 0 aromatic heterocycles. The van der Waals surface area contributed by atoms with Gasteiger partial charge in [0.15, 0.2) is 0 Å². The Morgan fingerprint density at radius 3 is 2.79 bits per heavy atom. The van der Waals surface area contributed by atoms with Gasteiger partial charge < -0.3 is 14.5 Å². The third kappa shape index (κ3) is 3.70. The predicted molar refractivity (Wildman–Crippen MR) is 75.4 cm³/mol. The molecule has 4 heteroatoms. The highest BCUT2D eigenvalue weighted by atomic mass is 16.5. The lowest BCUT2D eigenvalue weighted by Crippen LogP contribution is -2.35. The molecular formula is C15H22N2O2. The van der Waals surface area contributed by atoms with Gasteiger partial charge in [0.25, 0.3) is 0 Å². The van der Waals surface area contributed by atoms with Crippen LogP contribution in [0.1, 0.15) is 12.0 Å². The Bertz CT molecular complexity index is 434. The van der Waals surface area contributed by atoms with Crippen molar-refractivity contribution in [3.8, 4) is 5.75 Å². The molecule has 0 bridgehead atoms. The van der Waals surface area contributed by atoms with Gasteiger partial charge in [-0.05, 0) is 26.1 Å². The van der Waals surface area contributed by atoms with Crippen LogP contribution in [-0.2, 0) is 11.2 Å². The van der Waals surface area contributed by atoms with Gasteiger partial charge in [-0.1, -0.05) is 18.2 Å². The number of hydrogen-bond donors (Lipinski definition) is 0. The Balaban J connectivity index is 2.00. The Morgan fingerprint density at radius 1 is 1.21 bits per heavy atom. The highest BCUT2D eigenvalue weighted by Crippen LogP contribution is 2.18. The fourth-order valence-corrected chi connectivity index (χ4v) is 2.42. The number of para-hydroxylation sites is 1. The van der Waals surface area contributed by atoms with Crippen molar-refractivity contribution in [2.24, 2.45) is 0 Å². The van der Waals surface area contributed by atoms with E-state index >= 15 is 0 Å². The minimum absolute atomic E-state index is 0.194. The second kappa shape index (κ2) is 6.57. The van der Waals surface area contributed by atoms with Gasteiger partial charge in [0.05, 0.1) is 13.5 Å². The average molecular weight is 262 g/mol. The topological polar surface area (TPSA) is 32.8 Å². The first-order valence-corrected chi connectivity index (χ1v) is 6.79. The highest BCUT2D eigenvalue weighted by molar-refractivity contribution is 5.79. The molecule has 1 aliphatic rings. The zero-order valence-corrected chi connectivity index (χ0v) is 11.8. The van der Waals surface area contributed by atoms with E-state index in [1.165, 1.54) is 0 Å². The summed E-state index contributed by atoms with van der Waals surface area (Å²) in [5.41, 5.74) is 0.965. The maximum absolute atomic E-state index is 12.3. The molecule has 0 spiro atoms. The number of carbonyl (C=O) groups excluding carboxylic acids is 1. The summed E-state index contributed by atoms with van der Waals surface area (Å²) < 4.78 is 5.30. The van der Waals surface area contributed by atoms with Crippen molar-refractivity contribution in [2.45, 2.75) is 12.8 Å². The summed E-state index contributed by atoms with van der Waals surface area (Å²) in [6, 6.07) is 7.73. The monoisotopic (exact) mass is 262 g/mol. The molecule has 0 saturated carbocycles. The molecule has 1 heterocycles. The quantitative estimate of drug-likeness (QED) is 0.825. The van der Waals surface area contributed by atoms with Crippen LogP contribution in [0.3, 0.4) is 0 Å². The van der Waals surface area contributed by atoms with Crippen molar-refractivity contribution in [3.05, 3.63) is 29.8 Å². The molecule has 104 valence electrons. The molecule has 1 fully saturated rings. The zero-order chi connectivity index (χ0) is 13.7. The van der Waals surface area contributed by atoms with Gasteiger partial charge in [-0.3, -0.25) is 4.79 Å². The third-order valence-corrected chi connectivity index (χ3v) is 3.61. The Labute approximate surface area is 115 Å². The molecule has 1 aromatic rings. The van der Waals surface area contributed by atoms with Gasteiger partial charge in [0.2, 0.25) is 5.91 Å². The van der Waals surface area contributed by atoms with Crippen LogP contribution in [0.4, 0.5) is 0 Å². The number of ether oxygens (including phenoxy) is 1. The predicted octanol–water partition coefficient (Wildman–Crippen LogP) is 1.40. The summed E-state index contributed by atoms with van der Waals surface area (Å²) in [4.78, 5) is 16.6. The molecule has 19 heavy (non-hydrogen) atoms. The lowest BCUT2D eigenvalue weighted by molar-refractivity contribution is -0.130. The number of carbonyl (C=O) groups is 1. The van der Waals surface area contributed by atoms with Gasteiger partial charge in [0.1, 0.15) is 5.75 Å². The standard InChI is InChI=1S/C15H22N2O2/c1-16-8-5-9-17(11-10-16)15(18)12-13-6-3-4-7-14(13)19-2/h3-4,6-7H,5,8-12H2,1-2H3. The van der Waals surface area contributed by atoms with Crippen LogP contribution in [0.15, 0.2) is 24.3 Å². The number of likely N-dealkylation sites (N-methyl/N-ethyl adjacent to an activating group) is 1. The van der Waals surface area contributed by atoms with Crippen molar-refractivity contribution in [3.63, 3.8) is 0 Å². The summed E-state index contributed by atoms with van der Waals surface area (Å²) in [6.07, 6.45) is 1.47. The van der Waals surface area contributed by atoms with Crippen LogP contribution in [-0.4, -0.2) is 56.0 Å². The Kier molecular flexibility index (Phi) is 4.80. The summed E-state index contributed by atoms with van der Waals surface area (Å²) in [7, 11) is 3.75. The first-order valence-electron chi connectivity index (χ1n) is 6.79. The number of hydrogen-bond acceptors (Lipinski definition) is 3. The van der Waals surface area contributed by atoms with E-state index in [0.29, 0.717) is 6.42 Å². The second-order valence-corrected chi connectivity index (χ2v) is 5.03. The molecule has 0 radical (unpaired) electrons. The highest BCUT2D eigenvalue weighted by Gasteiger charge is 2.18. The molecular weight excluding hydrogens is 240 g/mol. The third-order valence-electron chi connectivity index (χ3n) is 3.61. The van der Waals surface area contributed by atoms with E-state index in [0.717, 1.165) is 43.9 Å². The van der Waals surface area contributed by atoms with Crippen LogP contribution in [0.5, 0.6) is 5.75 Å². The van der Waals surface area contributed by atoms with Crippen molar-refractivity contribution in [2.75, 3.05) is 40.3 Å². The van der Waals surface area contributed by atoms with Gasteiger partial charge in [-0.15, -0.1) is 0 Å². The van der Waals surface area contributed by atoms with E-state index in [4.69, 9.17) is 4.74 Å². The van der Waals surface area contributed by atoms with E-state index in [2.05, 4.69) is 11.9 Å². The summed E-state index contributed by atoms with van der Waals surface area (Å²) in [5, 5.41) is 0. The van der Waals surface area contributed by atoms with Gasteiger partial charge in [-0.25, -0.2) is 0 Å². The normalized spacial score (nSPS) is 17.1. The number of amides is 1. The second-order valence-electron chi connectivity index (χ2n) is 5.03. The van der Waals surface area contributed by atoms with Crippen molar-refractivity contribution < 1.29 is 9.53 Å². The van der Waals surface area contributed by atoms with Crippen LogP contribution < -0.4 is 4.74 Å². The van der Waals surface area contributed by atoms with Crippen LogP contribution in [0, 0.1) is 0 Å². The van der Waals surface area contributed by atoms with Gasteiger partial charge in [0, 0.05) is 25.2 Å². The van der Waals surface area contributed by atoms with Crippen molar-refractivity contribution in [1.29, 1.82) is 0 Å². The first-order chi connectivity index (χ1) is 9.20. The largest absolute Gasteiger partial charge is 0.496 e. The van der Waals surface area contributed by atoms with E-state index in [-0.39, 0.29) is 5.91 Å². The molecule has 1 saturated heterocycles. The van der Waals surface area contributed by atoms with E-state index in [9.17, 15) is 4.79 Å². The van der Waals surface area contributed by atoms with Crippen molar-refractivity contribution >= 4 is 5.91 Å². The lowest BCUT2D eigenvalue weighted by Gasteiger charge is -2.21. The van der Waals surface area contributed by atoms with Crippen LogP contribution in [0.25, 0.3) is 0 Å². The van der Waals surface area contributed by atoms with E-state index in [1.807, 2.05) is 29.2 Å². The maximum atomic E-state index is 12.3. The molecule has 1 aromatic carbocycles. The minimum atomic E-state index is 0.194. The van der Waals surface area contributed by atoms with E-state index < -0.39 is 0 Å². The van der Waals surface area contributed by atoms with E-state index in [1.54, 1.807) is 7.11 Å². The first kappa shape index (κ1) is 13.9. The van der Waals surface area contributed by atoms with Crippen molar-refractivity contribution in [1.82, 2.24) is 9.80 Å². The minimum Gasteiger partial charge on any atom is -0.496 e. The number of benzene rings is 1. The molecule has 0 unspecified atom stereocenters. The Hall–Kier alpha value is -1.55. The summed E-state index contributed by atoms with van der Waals surface area (Å²) in [5.74, 6) is 0.989. The number of nitrogens with zero attached hydrogens (tertiary/aromatic N) is 2. The smallest absolute Gasteiger partial charge is 0.227 e. The molecule has 2 rings (SSSR count). The zero-order valence-electron chi connectivity index (χ0n) is 11.8. The molecule has 0 atom stereocenters. The summed E-state index contributed by atoms with van der Waals surface area (Å²) in [6.45, 7) is 3.71. The fourth-order valence-electron chi connectivity index (χ4n) is 2.42. The van der Waals surface area contributed by atoms with Gasteiger partial charge >= 0.3 is 0 Å². The molecule has 0 N–H and O–H groups in total. The molecule has 1 amide bonds. The summed E-state index contributed by atoms with van der Waals surface area (Å²) >= 11 is 0. The Morgan fingerprint density at radius 2 is 2.00 bits per heavy atom. The molecule has 1 aliphatic heterocycles. The van der Waals surface area contributed by atoms with Crippen LogP contribution >= 0.6 is 0 Å². The van der Waals surface area contributed by atoms with Gasteiger partial charge in [-0.2, -0.15) is 0 Å². The SMILES string of the molecule is COc1ccccc1CC(=O)N1CCCN(C)CC1. The maximum Gasteiger partial charge on any atom is 0.227 e. The number of methoxy groups -OCH3 is 1. The molecule has 4 nitrogen and oxygen atoms in total. The number of rotatable bonds is 3. The average Bonchev–Trinajstić information content (AvgIpc) is 2.64. The molecule has 0 aliphatic carbocycles. The lowest BCUT2D eigenvalue weighted by atomic mass is 10.1.